The van der Waals surface area contributed by atoms with Gasteiger partial charge in [-0.15, -0.1) is 118 Å². The molecule has 0 aliphatic rings. The summed E-state index contributed by atoms with van der Waals surface area (Å²) in [4.78, 5) is 0. The summed E-state index contributed by atoms with van der Waals surface area (Å²) in [5, 5.41) is 0. The van der Waals surface area contributed by atoms with Crippen LogP contribution in [-0.2, 0) is 4.74 Å². The number of methoxy groups -OCH3 is 1. The zero-order valence-electron chi connectivity index (χ0n) is 15.1. The van der Waals surface area contributed by atoms with E-state index in [4.69, 9.17) is 0 Å². The van der Waals surface area contributed by atoms with Crippen LogP contribution < -0.4 is 0 Å². The van der Waals surface area contributed by atoms with Crippen molar-refractivity contribution < 1.29 is 4.74 Å². The van der Waals surface area contributed by atoms with Crippen molar-refractivity contribution in [2.45, 2.75) is 37.1 Å². The SMILES string of the molecule is C.C.C.C.C.C=C.C=C.C=C.C=C.C=C.C=C.C=C.C=C.C=C.COC. The first-order valence-electron chi connectivity index (χ1n) is 5.32. The van der Waals surface area contributed by atoms with Crippen molar-refractivity contribution in [2.75, 3.05) is 14.2 Å². The lowest BCUT2D eigenvalue weighted by molar-refractivity contribution is 0.277. The Morgan fingerprint density at radius 2 is 0.269 bits per heavy atom. The standard InChI is InChI=1S/C2H6O.9C2H4.5CH4/c1-3-2;9*1-2;;;;;/h1-2H3;9*1-2H2;5*1H4. The van der Waals surface area contributed by atoms with Crippen LogP contribution in [0.2, 0.25) is 0 Å². The highest BCUT2D eigenvalue weighted by molar-refractivity contribution is 4.24. The van der Waals surface area contributed by atoms with Gasteiger partial charge in [-0.05, 0) is 0 Å². The van der Waals surface area contributed by atoms with Gasteiger partial charge < -0.3 is 4.74 Å². The summed E-state index contributed by atoms with van der Waals surface area (Å²) in [7, 11) is 3.25. The maximum atomic E-state index is 4.25. The Labute approximate surface area is 174 Å². The Morgan fingerprint density at radius 3 is 0.269 bits per heavy atom. The van der Waals surface area contributed by atoms with E-state index < -0.39 is 0 Å². The summed E-state index contributed by atoms with van der Waals surface area (Å²) >= 11 is 0. The van der Waals surface area contributed by atoms with Crippen LogP contribution in [0.1, 0.15) is 37.1 Å². The molecule has 0 saturated heterocycles. The van der Waals surface area contributed by atoms with E-state index in [0.29, 0.717) is 0 Å². The molecule has 26 heavy (non-hydrogen) atoms. The largest absolute Gasteiger partial charge is 0.388 e. The van der Waals surface area contributed by atoms with Gasteiger partial charge in [0.2, 0.25) is 0 Å². The summed E-state index contributed by atoms with van der Waals surface area (Å²) in [6, 6.07) is 0. The molecule has 0 fully saturated rings. The van der Waals surface area contributed by atoms with E-state index >= 15 is 0 Å². The second kappa shape index (κ2) is 5550. The number of rotatable bonds is 0. The minimum absolute atomic E-state index is 0. The molecule has 0 amide bonds. The van der Waals surface area contributed by atoms with Crippen molar-refractivity contribution in [1.82, 2.24) is 0 Å². The lowest BCUT2D eigenvalue weighted by atomic mass is 11.3. The van der Waals surface area contributed by atoms with E-state index in [-0.39, 0.29) is 37.1 Å². The Hall–Kier alpha value is -2.38. The fraction of sp³-hybridized carbons (Fsp3) is 0.280. The molecule has 0 unspecified atom stereocenters. The van der Waals surface area contributed by atoms with Gasteiger partial charge in [0.05, 0.1) is 0 Å². The van der Waals surface area contributed by atoms with Crippen LogP contribution >= 0.6 is 0 Å². The van der Waals surface area contributed by atoms with Gasteiger partial charge in [0.1, 0.15) is 0 Å². The predicted molar refractivity (Wildman–Crippen MR) is 148 cm³/mol. The molecule has 0 spiro atoms. The van der Waals surface area contributed by atoms with Gasteiger partial charge >= 0.3 is 0 Å². The van der Waals surface area contributed by atoms with Crippen molar-refractivity contribution in [3.63, 3.8) is 0 Å². The lowest BCUT2D eigenvalue weighted by Gasteiger charge is -1.61. The van der Waals surface area contributed by atoms with E-state index in [1.807, 2.05) is 0 Å². The third-order valence-corrected chi connectivity index (χ3v) is 0. The maximum absolute atomic E-state index is 4.25. The average Bonchev–Trinajstić information content (AvgIpc) is 2.70. The van der Waals surface area contributed by atoms with Gasteiger partial charge in [0.15, 0.2) is 0 Å². The predicted octanol–water partition coefficient (Wildman–Crippen LogP) is 10.7. The van der Waals surface area contributed by atoms with Crippen molar-refractivity contribution in [3.05, 3.63) is 118 Å². The van der Waals surface area contributed by atoms with Gasteiger partial charge in [0, 0.05) is 14.2 Å². The molecular formula is C25H62O. The molecule has 1 heteroatoms. The fourth-order valence-electron chi connectivity index (χ4n) is 0. The first kappa shape index (κ1) is 163. The van der Waals surface area contributed by atoms with Crippen LogP contribution in [0.4, 0.5) is 0 Å². The highest BCUT2D eigenvalue weighted by Gasteiger charge is 1.25. The molecule has 0 rings (SSSR count). The summed E-state index contributed by atoms with van der Waals surface area (Å²) in [6.07, 6.45) is 0. The van der Waals surface area contributed by atoms with Crippen molar-refractivity contribution in [2.24, 2.45) is 0 Å². The quantitative estimate of drug-likeness (QED) is 0.381. The molecule has 0 aliphatic heterocycles. The smallest absolute Gasteiger partial charge is 0.0351 e. The van der Waals surface area contributed by atoms with E-state index in [0.717, 1.165) is 0 Å². The molecule has 0 aromatic rings. The van der Waals surface area contributed by atoms with Crippen LogP contribution in [0.15, 0.2) is 118 Å². The second-order valence-electron chi connectivity index (χ2n) is 0.408. The minimum Gasteiger partial charge on any atom is -0.388 e. The Morgan fingerprint density at radius 1 is 0.269 bits per heavy atom. The Balaban J connectivity index is -0.00000000391. The van der Waals surface area contributed by atoms with Gasteiger partial charge in [0.25, 0.3) is 0 Å². The van der Waals surface area contributed by atoms with Crippen molar-refractivity contribution in [3.8, 4) is 0 Å². The molecule has 0 radical (unpaired) electrons. The second-order valence-corrected chi connectivity index (χ2v) is 0.408. The molecule has 0 atom stereocenters. The molecule has 0 aromatic heterocycles. The fourth-order valence-corrected chi connectivity index (χ4v) is 0. The monoisotopic (exact) mass is 378 g/mol. The maximum Gasteiger partial charge on any atom is 0.0351 e. The van der Waals surface area contributed by atoms with Gasteiger partial charge in [-0.3, -0.25) is 0 Å². The third-order valence-electron chi connectivity index (χ3n) is 0. The summed E-state index contributed by atoms with van der Waals surface area (Å²) < 4.78 is 4.25. The Kier molecular flexibility index (Phi) is 34700. The van der Waals surface area contributed by atoms with E-state index in [1.165, 1.54) is 0 Å². The zero-order valence-corrected chi connectivity index (χ0v) is 15.1. The van der Waals surface area contributed by atoms with Crippen LogP contribution in [0.25, 0.3) is 0 Å². The summed E-state index contributed by atoms with van der Waals surface area (Å²) in [5.41, 5.74) is 0. The van der Waals surface area contributed by atoms with Crippen LogP contribution in [0.3, 0.4) is 0 Å². The molecule has 0 N–H and O–H groups in total. The lowest BCUT2D eigenvalue weighted by Crippen LogP contribution is -1.55. The average molecular weight is 379 g/mol. The number of hydrogen-bond donors (Lipinski definition) is 0. The zero-order chi connectivity index (χ0) is 20.7. The van der Waals surface area contributed by atoms with Crippen LogP contribution in [0, 0.1) is 0 Å². The van der Waals surface area contributed by atoms with Crippen molar-refractivity contribution >= 4 is 0 Å². The molecule has 0 saturated carbocycles. The molecule has 0 heterocycles. The molecular weight excluding hydrogens is 316 g/mol. The minimum atomic E-state index is 0. The van der Waals surface area contributed by atoms with E-state index in [1.54, 1.807) is 14.2 Å². The molecule has 1 nitrogen and oxygen atoms in total. The first-order chi connectivity index (χ1) is 10.4. The molecule has 0 bridgehead atoms. The normalized spacial score (nSPS) is 2.08. The van der Waals surface area contributed by atoms with E-state index in [9.17, 15) is 0 Å². The Bertz CT molecular complexity index is 44.0. The van der Waals surface area contributed by atoms with Gasteiger partial charge in [-0.2, -0.15) is 0 Å². The highest BCUT2D eigenvalue weighted by atomic mass is 16.4. The first-order valence-corrected chi connectivity index (χ1v) is 5.32. The van der Waals surface area contributed by atoms with Crippen LogP contribution in [0.5, 0.6) is 0 Å². The number of ether oxygens (including phenoxy) is 1. The topological polar surface area (TPSA) is 9.23 Å². The highest BCUT2D eigenvalue weighted by Crippen LogP contribution is 1.28. The van der Waals surface area contributed by atoms with Crippen LogP contribution in [-0.4, -0.2) is 14.2 Å². The summed E-state index contributed by atoms with van der Waals surface area (Å²) in [5.74, 6) is 0. The van der Waals surface area contributed by atoms with Gasteiger partial charge in [-0.1, -0.05) is 37.1 Å². The number of hydrogen-bond acceptors (Lipinski definition) is 1. The van der Waals surface area contributed by atoms with E-state index in [2.05, 4.69) is 123 Å². The molecule has 0 aromatic carbocycles. The molecule has 0 aliphatic carbocycles. The summed E-state index contributed by atoms with van der Waals surface area (Å²) in [6.45, 7) is 54.0. The molecule has 168 valence electrons. The van der Waals surface area contributed by atoms with Gasteiger partial charge in [-0.25, -0.2) is 0 Å². The van der Waals surface area contributed by atoms with Crippen molar-refractivity contribution in [1.29, 1.82) is 0 Å². The third kappa shape index (κ3) is 1620.